The van der Waals surface area contributed by atoms with Gasteiger partial charge in [-0.1, -0.05) is 23.2 Å². The molecule has 0 aliphatic rings. The minimum absolute atomic E-state index is 0.0923. The summed E-state index contributed by atoms with van der Waals surface area (Å²) in [5.41, 5.74) is 6.87. The van der Waals surface area contributed by atoms with Crippen LogP contribution < -0.4 is 11.1 Å². The van der Waals surface area contributed by atoms with E-state index < -0.39 is 0 Å². The zero-order chi connectivity index (χ0) is 14.5. The van der Waals surface area contributed by atoms with Crippen LogP contribution in [0.4, 0.5) is 11.4 Å². The molecule has 3 nitrogen and oxygen atoms in total. The van der Waals surface area contributed by atoms with Crippen molar-refractivity contribution in [2.75, 3.05) is 16.8 Å². The molecule has 0 unspecified atom stereocenters. The van der Waals surface area contributed by atoms with Crippen LogP contribution in [0, 0.1) is 0 Å². The molecule has 1 amide bonds. The SMILES string of the molecule is Nc1ccc(SCC(=O)Nc2ccc(Cl)cc2)cc1Cl. The van der Waals surface area contributed by atoms with Gasteiger partial charge in [0.25, 0.3) is 0 Å². The Kier molecular flexibility index (Phi) is 5.17. The Balaban J connectivity index is 1.88. The molecule has 0 spiro atoms. The molecule has 0 atom stereocenters. The fourth-order valence-corrected chi connectivity index (χ4v) is 2.58. The Hall–Kier alpha value is -1.36. The summed E-state index contributed by atoms with van der Waals surface area (Å²) in [6.45, 7) is 0. The average Bonchev–Trinajstić information content (AvgIpc) is 2.43. The van der Waals surface area contributed by atoms with Crippen LogP contribution in [0.2, 0.25) is 10.0 Å². The first-order chi connectivity index (χ1) is 9.54. The zero-order valence-electron chi connectivity index (χ0n) is 10.4. The number of thioether (sulfide) groups is 1. The molecule has 0 radical (unpaired) electrons. The number of halogens is 2. The molecular formula is C14H12Cl2N2OS. The molecule has 2 aromatic rings. The maximum Gasteiger partial charge on any atom is 0.234 e. The monoisotopic (exact) mass is 326 g/mol. The summed E-state index contributed by atoms with van der Waals surface area (Å²) in [5.74, 6) is 0.202. The van der Waals surface area contributed by atoms with E-state index in [1.54, 1.807) is 36.4 Å². The maximum atomic E-state index is 11.8. The molecule has 0 aliphatic carbocycles. The molecule has 0 aromatic heterocycles. The molecule has 3 N–H and O–H groups in total. The van der Waals surface area contributed by atoms with Gasteiger partial charge >= 0.3 is 0 Å². The molecule has 20 heavy (non-hydrogen) atoms. The normalized spacial score (nSPS) is 10.3. The number of carbonyl (C=O) groups is 1. The lowest BCUT2D eigenvalue weighted by atomic mass is 10.3. The average molecular weight is 327 g/mol. The first-order valence-electron chi connectivity index (χ1n) is 5.78. The van der Waals surface area contributed by atoms with Gasteiger partial charge in [-0.25, -0.2) is 0 Å². The molecule has 2 rings (SSSR count). The molecular weight excluding hydrogens is 315 g/mol. The number of hydrogen-bond acceptors (Lipinski definition) is 3. The fourth-order valence-electron chi connectivity index (χ4n) is 1.48. The van der Waals surface area contributed by atoms with E-state index in [-0.39, 0.29) is 5.91 Å². The number of nitrogen functional groups attached to an aromatic ring is 1. The van der Waals surface area contributed by atoms with Crippen LogP contribution in [0.5, 0.6) is 0 Å². The van der Waals surface area contributed by atoms with Gasteiger partial charge in [0.1, 0.15) is 0 Å². The lowest BCUT2D eigenvalue weighted by molar-refractivity contribution is -0.113. The third-order valence-corrected chi connectivity index (χ3v) is 4.04. The molecule has 0 aliphatic heterocycles. The third-order valence-electron chi connectivity index (χ3n) is 2.47. The van der Waals surface area contributed by atoms with Gasteiger partial charge in [0.05, 0.1) is 16.5 Å². The second kappa shape index (κ2) is 6.88. The second-order valence-electron chi connectivity index (χ2n) is 4.03. The smallest absolute Gasteiger partial charge is 0.234 e. The van der Waals surface area contributed by atoms with Crippen LogP contribution in [-0.4, -0.2) is 11.7 Å². The van der Waals surface area contributed by atoms with Crippen LogP contribution in [0.3, 0.4) is 0 Å². The summed E-state index contributed by atoms with van der Waals surface area (Å²) in [6, 6.07) is 12.3. The largest absolute Gasteiger partial charge is 0.398 e. The van der Waals surface area contributed by atoms with Gasteiger partial charge in [-0.15, -0.1) is 11.8 Å². The fraction of sp³-hybridized carbons (Fsp3) is 0.0714. The number of hydrogen-bond donors (Lipinski definition) is 2. The number of nitrogens with one attached hydrogen (secondary N) is 1. The van der Waals surface area contributed by atoms with Gasteiger partial charge in [0.15, 0.2) is 0 Å². The molecule has 0 saturated heterocycles. The molecule has 0 heterocycles. The summed E-state index contributed by atoms with van der Waals surface area (Å²) in [5, 5.41) is 3.92. The van der Waals surface area contributed by atoms with E-state index >= 15 is 0 Å². The highest BCUT2D eigenvalue weighted by atomic mass is 35.5. The highest BCUT2D eigenvalue weighted by Gasteiger charge is 2.05. The van der Waals surface area contributed by atoms with E-state index in [1.807, 2.05) is 6.07 Å². The first-order valence-corrected chi connectivity index (χ1v) is 7.52. The summed E-state index contributed by atoms with van der Waals surface area (Å²) in [4.78, 5) is 12.7. The van der Waals surface area contributed by atoms with Crippen LogP contribution in [0.1, 0.15) is 0 Å². The topological polar surface area (TPSA) is 55.1 Å². The van der Waals surface area contributed by atoms with Crippen LogP contribution in [0.25, 0.3) is 0 Å². The van der Waals surface area contributed by atoms with Gasteiger partial charge in [-0.05, 0) is 42.5 Å². The zero-order valence-corrected chi connectivity index (χ0v) is 12.7. The van der Waals surface area contributed by atoms with Crippen molar-refractivity contribution in [2.24, 2.45) is 0 Å². The minimum atomic E-state index is -0.0923. The molecule has 0 fully saturated rings. The van der Waals surface area contributed by atoms with E-state index in [1.165, 1.54) is 11.8 Å². The summed E-state index contributed by atoms with van der Waals surface area (Å²) in [6.07, 6.45) is 0. The van der Waals surface area contributed by atoms with Gasteiger partial charge < -0.3 is 11.1 Å². The third kappa shape index (κ3) is 4.34. The molecule has 2 aromatic carbocycles. The van der Waals surface area contributed by atoms with E-state index in [0.29, 0.717) is 21.5 Å². The molecule has 6 heteroatoms. The van der Waals surface area contributed by atoms with Crippen molar-refractivity contribution in [1.82, 2.24) is 0 Å². The van der Waals surface area contributed by atoms with Gasteiger partial charge in [-0.2, -0.15) is 0 Å². The number of carbonyl (C=O) groups excluding carboxylic acids is 1. The first kappa shape index (κ1) is 15.0. The van der Waals surface area contributed by atoms with Crippen molar-refractivity contribution in [3.63, 3.8) is 0 Å². The van der Waals surface area contributed by atoms with E-state index in [0.717, 1.165) is 10.6 Å². The second-order valence-corrected chi connectivity index (χ2v) is 5.92. The molecule has 0 bridgehead atoms. The van der Waals surface area contributed by atoms with Crippen LogP contribution in [-0.2, 0) is 4.79 Å². The Morgan fingerprint density at radius 1 is 1.15 bits per heavy atom. The summed E-state index contributed by atoms with van der Waals surface area (Å²) >= 11 is 13.1. The van der Waals surface area contributed by atoms with Crippen molar-refractivity contribution in [2.45, 2.75) is 4.90 Å². The Labute approximate surface area is 131 Å². The number of nitrogens with two attached hydrogens (primary N) is 1. The summed E-state index contributed by atoms with van der Waals surface area (Å²) < 4.78 is 0. The molecule has 104 valence electrons. The van der Waals surface area contributed by atoms with Gasteiger partial charge in [-0.3, -0.25) is 4.79 Å². The Morgan fingerprint density at radius 2 is 1.85 bits per heavy atom. The molecule has 0 saturated carbocycles. The van der Waals surface area contributed by atoms with Crippen LogP contribution >= 0.6 is 35.0 Å². The van der Waals surface area contributed by atoms with Crippen molar-refractivity contribution in [3.8, 4) is 0 Å². The quantitative estimate of drug-likeness (QED) is 0.650. The van der Waals surface area contributed by atoms with Crippen molar-refractivity contribution < 1.29 is 4.79 Å². The number of benzene rings is 2. The minimum Gasteiger partial charge on any atom is -0.398 e. The lowest BCUT2D eigenvalue weighted by Crippen LogP contribution is -2.13. The van der Waals surface area contributed by atoms with E-state index in [9.17, 15) is 4.79 Å². The maximum absolute atomic E-state index is 11.8. The Morgan fingerprint density at radius 3 is 2.50 bits per heavy atom. The highest BCUT2D eigenvalue weighted by Crippen LogP contribution is 2.26. The number of amides is 1. The standard InChI is InChI=1S/C14H12Cl2N2OS/c15-9-1-3-10(4-2-9)18-14(19)8-20-11-5-6-13(17)12(16)7-11/h1-7H,8,17H2,(H,18,19). The van der Waals surface area contributed by atoms with E-state index in [4.69, 9.17) is 28.9 Å². The van der Waals surface area contributed by atoms with Crippen LogP contribution in [0.15, 0.2) is 47.4 Å². The number of rotatable bonds is 4. The predicted molar refractivity (Wildman–Crippen MR) is 86.7 cm³/mol. The van der Waals surface area contributed by atoms with Crippen molar-refractivity contribution in [3.05, 3.63) is 52.5 Å². The predicted octanol–water partition coefficient (Wildman–Crippen LogP) is 4.31. The van der Waals surface area contributed by atoms with Gasteiger partial charge in [0.2, 0.25) is 5.91 Å². The van der Waals surface area contributed by atoms with Gasteiger partial charge in [0, 0.05) is 15.6 Å². The summed E-state index contributed by atoms with van der Waals surface area (Å²) in [7, 11) is 0. The van der Waals surface area contributed by atoms with Crippen molar-refractivity contribution >= 4 is 52.2 Å². The van der Waals surface area contributed by atoms with E-state index in [2.05, 4.69) is 5.32 Å². The number of anilines is 2. The lowest BCUT2D eigenvalue weighted by Gasteiger charge is -2.06. The van der Waals surface area contributed by atoms with Crippen molar-refractivity contribution in [1.29, 1.82) is 0 Å². The highest BCUT2D eigenvalue weighted by molar-refractivity contribution is 8.00. The Bertz CT molecular complexity index is 617.